The largest absolute Gasteiger partial charge is 0.312 e. The van der Waals surface area contributed by atoms with Crippen molar-refractivity contribution in [2.45, 2.75) is 39.2 Å². The number of hydrogen-bond acceptors (Lipinski definition) is 1. The van der Waals surface area contributed by atoms with Crippen molar-refractivity contribution in [3.8, 4) is 0 Å². The summed E-state index contributed by atoms with van der Waals surface area (Å²) in [5.74, 6) is 2.34. The molecular formula is C16H24ClN. The van der Waals surface area contributed by atoms with Crippen LogP contribution < -0.4 is 5.32 Å². The Labute approximate surface area is 116 Å². The van der Waals surface area contributed by atoms with Gasteiger partial charge in [-0.25, -0.2) is 0 Å². The zero-order chi connectivity index (χ0) is 12.8. The van der Waals surface area contributed by atoms with Crippen molar-refractivity contribution in [2.75, 3.05) is 12.4 Å². The van der Waals surface area contributed by atoms with E-state index < -0.39 is 0 Å². The fourth-order valence-corrected chi connectivity index (χ4v) is 3.27. The van der Waals surface area contributed by atoms with Crippen LogP contribution in [0.15, 0.2) is 24.3 Å². The van der Waals surface area contributed by atoms with Crippen molar-refractivity contribution in [3.63, 3.8) is 0 Å². The van der Waals surface area contributed by atoms with Crippen LogP contribution >= 0.6 is 11.6 Å². The summed E-state index contributed by atoms with van der Waals surface area (Å²) in [5, 5.41) is 3.60. The van der Waals surface area contributed by atoms with Crippen molar-refractivity contribution in [1.29, 1.82) is 0 Å². The van der Waals surface area contributed by atoms with Crippen LogP contribution in [0.3, 0.4) is 0 Å². The van der Waals surface area contributed by atoms with Gasteiger partial charge in [0, 0.05) is 12.4 Å². The highest BCUT2D eigenvalue weighted by Gasteiger charge is 2.23. The molecule has 1 saturated carbocycles. The van der Waals surface area contributed by atoms with Crippen molar-refractivity contribution in [1.82, 2.24) is 5.32 Å². The van der Waals surface area contributed by atoms with Crippen LogP contribution in [0.25, 0.3) is 0 Å². The molecule has 0 heterocycles. The van der Waals surface area contributed by atoms with Gasteiger partial charge in [0.15, 0.2) is 0 Å². The van der Waals surface area contributed by atoms with Crippen LogP contribution in [0.4, 0.5) is 0 Å². The molecule has 0 spiro atoms. The lowest BCUT2D eigenvalue weighted by atomic mass is 9.80. The van der Waals surface area contributed by atoms with Gasteiger partial charge in [0.25, 0.3) is 0 Å². The smallest absolute Gasteiger partial charge is 0.0254 e. The topological polar surface area (TPSA) is 12.0 Å². The van der Waals surface area contributed by atoms with Gasteiger partial charge in [0.1, 0.15) is 0 Å². The van der Waals surface area contributed by atoms with E-state index in [-0.39, 0.29) is 0 Å². The first kappa shape index (κ1) is 13.9. The normalized spacial score (nSPS) is 24.1. The number of aryl methyl sites for hydroxylation is 1. The number of benzene rings is 1. The predicted molar refractivity (Wildman–Crippen MR) is 79.1 cm³/mol. The second kappa shape index (κ2) is 7.16. The molecule has 2 heteroatoms. The Hall–Kier alpha value is -0.530. The molecule has 2 unspecified atom stereocenters. The third-order valence-electron chi connectivity index (χ3n) is 4.12. The van der Waals surface area contributed by atoms with Gasteiger partial charge < -0.3 is 5.32 Å². The minimum absolute atomic E-state index is 0.728. The van der Waals surface area contributed by atoms with Gasteiger partial charge in [-0.2, -0.15) is 0 Å². The Balaban J connectivity index is 1.75. The van der Waals surface area contributed by atoms with E-state index in [0.717, 1.165) is 30.8 Å². The standard InChI is InChI=1S/C16H24ClN/c1-13-6-8-14(9-7-13)11-18-12-16-5-3-2-4-15(16)10-17/h6-9,15-16,18H,2-5,10-12H2,1H3. The molecule has 18 heavy (non-hydrogen) atoms. The molecule has 0 saturated heterocycles. The van der Waals surface area contributed by atoms with E-state index in [1.54, 1.807) is 0 Å². The minimum atomic E-state index is 0.728. The van der Waals surface area contributed by atoms with Gasteiger partial charge in [-0.1, -0.05) is 42.7 Å². The Morgan fingerprint density at radius 2 is 1.78 bits per heavy atom. The van der Waals surface area contributed by atoms with Crippen molar-refractivity contribution < 1.29 is 0 Å². The molecule has 2 atom stereocenters. The summed E-state index contributed by atoms with van der Waals surface area (Å²) in [6.07, 6.45) is 5.41. The molecule has 1 N–H and O–H groups in total. The summed E-state index contributed by atoms with van der Waals surface area (Å²) >= 11 is 6.06. The van der Waals surface area contributed by atoms with Gasteiger partial charge in [-0.05, 0) is 43.7 Å². The van der Waals surface area contributed by atoms with Gasteiger partial charge in [-0.15, -0.1) is 11.6 Å². The number of alkyl halides is 1. The molecule has 1 aliphatic rings. The first-order valence-electron chi connectivity index (χ1n) is 7.12. The third kappa shape index (κ3) is 4.00. The maximum absolute atomic E-state index is 6.06. The Kier molecular flexibility index (Phi) is 5.52. The van der Waals surface area contributed by atoms with E-state index in [0.29, 0.717) is 0 Å². The first-order valence-corrected chi connectivity index (χ1v) is 7.65. The van der Waals surface area contributed by atoms with Crippen LogP contribution in [0.5, 0.6) is 0 Å². The molecule has 0 aliphatic heterocycles. The highest BCUT2D eigenvalue weighted by molar-refractivity contribution is 6.18. The maximum Gasteiger partial charge on any atom is 0.0254 e. The third-order valence-corrected chi connectivity index (χ3v) is 4.52. The first-order chi connectivity index (χ1) is 8.79. The summed E-state index contributed by atoms with van der Waals surface area (Å²) in [7, 11) is 0. The molecule has 1 aliphatic carbocycles. The zero-order valence-corrected chi connectivity index (χ0v) is 12.0. The average molecular weight is 266 g/mol. The highest BCUT2D eigenvalue weighted by atomic mass is 35.5. The fraction of sp³-hybridized carbons (Fsp3) is 0.625. The van der Waals surface area contributed by atoms with E-state index in [1.165, 1.54) is 36.8 Å². The van der Waals surface area contributed by atoms with E-state index in [4.69, 9.17) is 11.6 Å². The maximum atomic E-state index is 6.06. The lowest BCUT2D eigenvalue weighted by Crippen LogP contribution is -2.31. The lowest BCUT2D eigenvalue weighted by molar-refractivity contribution is 0.250. The van der Waals surface area contributed by atoms with Gasteiger partial charge >= 0.3 is 0 Å². The lowest BCUT2D eigenvalue weighted by Gasteiger charge is -2.30. The van der Waals surface area contributed by atoms with Crippen molar-refractivity contribution in [3.05, 3.63) is 35.4 Å². The molecule has 0 radical (unpaired) electrons. The van der Waals surface area contributed by atoms with Gasteiger partial charge in [-0.3, -0.25) is 0 Å². The number of hydrogen-bond donors (Lipinski definition) is 1. The van der Waals surface area contributed by atoms with Crippen LogP contribution in [0.1, 0.15) is 36.8 Å². The molecule has 1 nitrogen and oxygen atoms in total. The fourth-order valence-electron chi connectivity index (χ4n) is 2.86. The molecule has 0 bridgehead atoms. The SMILES string of the molecule is Cc1ccc(CNCC2CCCCC2CCl)cc1. The number of rotatable bonds is 5. The minimum Gasteiger partial charge on any atom is -0.312 e. The molecule has 1 fully saturated rings. The second-order valence-electron chi connectivity index (χ2n) is 5.58. The molecule has 1 aromatic rings. The summed E-state index contributed by atoms with van der Waals surface area (Å²) in [4.78, 5) is 0. The molecule has 0 amide bonds. The van der Waals surface area contributed by atoms with Crippen LogP contribution in [0.2, 0.25) is 0 Å². The molecule has 100 valence electrons. The summed E-state index contributed by atoms with van der Waals surface area (Å²) in [6.45, 7) is 4.22. The Bertz CT molecular complexity index is 347. The molecule has 1 aromatic carbocycles. The van der Waals surface area contributed by atoms with Crippen LogP contribution in [0, 0.1) is 18.8 Å². The Morgan fingerprint density at radius 3 is 2.44 bits per heavy atom. The van der Waals surface area contributed by atoms with Gasteiger partial charge in [0.05, 0.1) is 0 Å². The van der Waals surface area contributed by atoms with E-state index in [2.05, 4.69) is 36.5 Å². The molecule has 2 rings (SSSR count). The van der Waals surface area contributed by atoms with E-state index >= 15 is 0 Å². The van der Waals surface area contributed by atoms with Crippen molar-refractivity contribution in [2.24, 2.45) is 11.8 Å². The number of halogens is 1. The zero-order valence-electron chi connectivity index (χ0n) is 11.3. The monoisotopic (exact) mass is 265 g/mol. The molecular weight excluding hydrogens is 242 g/mol. The summed E-state index contributed by atoms with van der Waals surface area (Å²) in [5.41, 5.74) is 2.70. The highest BCUT2D eigenvalue weighted by Crippen LogP contribution is 2.30. The van der Waals surface area contributed by atoms with Crippen LogP contribution in [-0.2, 0) is 6.54 Å². The predicted octanol–water partition coefficient (Wildman–Crippen LogP) is 4.13. The number of nitrogens with one attached hydrogen (secondary N) is 1. The van der Waals surface area contributed by atoms with Crippen LogP contribution in [-0.4, -0.2) is 12.4 Å². The van der Waals surface area contributed by atoms with E-state index in [1.807, 2.05) is 0 Å². The average Bonchev–Trinajstić information content (AvgIpc) is 2.41. The molecule has 0 aromatic heterocycles. The second-order valence-corrected chi connectivity index (χ2v) is 5.88. The Morgan fingerprint density at radius 1 is 1.11 bits per heavy atom. The quantitative estimate of drug-likeness (QED) is 0.790. The van der Waals surface area contributed by atoms with Crippen molar-refractivity contribution >= 4 is 11.6 Å². The van der Waals surface area contributed by atoms with Gasteiger partial charge in [0.2, 0.25) is 0 Å². The summed E-state index contributed by atoms with van der Waals surface area (Å²) < 4.78 is 0. The summed E-state index contributed by atoms with van der Waals surface area (Å²) in [6, 6.07) is 8.78. The van der Waals surface area contributed by atoms with E-state index in [9.17, 15) is 0 Å².